The molecule has 3 atom stereocenters. The average Bonchev–Trinajstić information content (AvgIpc) is 3.11. The molecule has 0 spiro atoms. The quantitative estimate of drug-likeness (QED) is 0.139. The van der Waals surface area contributed by atoms with E-state index in [0.717, 1.165) is 30.3 Å². The van der Waals surface area contributed by atoms with Gasteiger partial charge >= 0.3 is 13.5 Å². The van der Waals surface area contributed by atoms with Gasteiger partial charge in [-0.1, -0.05) is 12.8 Å². The molecule has 4 N–H and O–H groups in total. The fraction of sp³-hybridized carbons (Fsp3) is 0.667. The number of H-pyrrole nitrogens is 1. The maximum absolute atomic E-state index is 11.7. The highest BCUT2D eigenvalue weighted by Gasteiger charge is 2.37. The minimum Gasteiger partial charge on any atom is -0.390 e. The molecule has 1 saturated heterocycles. The van der Waals surface area contributed by atoms with Crippen LogP contribution in [0.5, 0.6) is 0 Å². The van der Waals surface area contributed by atoms with Crippen LogP contribution in [0.2, 0.25) is 0 Å². The third-order valence-corrected chi connectivity index (χ3v) is 4.97. The van der Waals surface area contributed by atoms with Crippen molar-refractivity contribution >= 4 is 20.0 Å². The van der Waals surface area contributed by atoms with Crippen LogP contribution in [-0.2, 0) is 23.4 Å². The molecule has 0 saturated carbocycles. The van der Waals surface area contributed by atoms with E-state index in [1.54, 1.807) is 0 Å². The van der Waals surface area contributed by atoms with Gasteiger partial charge in [-0.25, -0.2) is 28.9 Å². The molecular weight excluding hydrogens is 463 g/mol. The number of nitrogens with one attached hydrogen (secondary N) is 1. The van der Waals surface area contributed by atoms with E-state index in [1.165, 1.54) is 25.3 Å². The van der Waals surface area contributed by atoms with E-state index in [2.05, 4.69) is 19.5 Å². The summed E-state index contributed by atoms with van der Waals surface area (Å²) in [6.07, 6.45) is 5.23. The van der Waals surface area contributed by atoms with Gasteiger partial charge < -0.3 is 19.6 Å². The summed E-state index contributed by atoms with van der Waals surface area (Å²) in [6, 6.07) is 0. The third-order valence-electron chi connectivity index (χ3n) is 4.49. The largest absolute Gasteiger partial charge is 0.469 e. The summed E-state index contributed by atoms with van der Waals surface area (Å²) in [5.74, 6) is 0. The molecule has 1 fully saturated rings. The molecule has 33 heavy (non-hydrogen) atoms. The smallest absolute Gasteiger partial charge is 0.390 e. The normalized spacial score (nSPS) is 19.7. The zero-order valence-corrected chi connectivity index (χ0v) is 18.8. The summed E-state index contributed by atoms with van der Waals surface area (Å²) in [5, 5.41) is 9.79. The second kappa shape index (κ2) is 14.6. The van der Waals surface area contributed by atoms with Crippen molar-refractivity contribution in [2.24, 2.45) is 9.98 Å². The van der Waals surface area contributed by atoms with Crippen molar-refractivity contribution in [3.8, 4) is 0 Å². The number of nitrogens with zero attached hydrogens (tertiary/aromatic N) is 3. The molecule has 0 bridgehead atoms. The van der Waals surface area contributed by atoms with Gasteiger partial charge in [-0.15, -0.1) is 0 Å². The minimum absolute atomic E-state index is 0.0283. The molecule has 1 aromatic rings. The highest BCUT2D eigenvalue weighted by atomic mass is 31.2. The zero-order chi connectivity index (χ0) is 24.9. The van der Waals surface area contributed by atoms with Crippen LogP contribution in [0.15, 0.2) is 25.8 Å². The van der Waals surface area contributed by atoms with Crippen molar-refractivity contribution in [2.75, 3.05) is 19.7 Å². The van der Waals surface area contributed by atoms with Crippen molar-refractivity contribution in [3.63, 3.8) is 0 Å². The summed E-state index contributed by atoms with van der Waals surface area (Å²) >= 11 is 0. The number of hydrogen-bond donors (Lipinski definition) is 4. The first-order chi connectivity index (χ1) is 15.6. The monoisotopic (exact) mass is 490 g/mol. The Balaban J connectivity index is 0.000000389. The van der Waals surface area contributed by atoms with E-state index in [-0.39, 0.29) is 6.42 Å². The summed E-state index contributed by atoms with van der Waals surface area (Å²) in [6.45, 7) is 2.11. The lowest BCUT2D eigenvalue weighted by Gasteiger charge is -2.16. The standard InChI is InChI=1S/C10H15N2O8P.C8H12N2O2/c1-5-3-12(10(15)11-9(5)14)8-2-6(13)7(20-8)4-19-21(16,17)18;11-7-9-5-3-1-2-4-6-10-8-12/h3,6-8,13H,2,4H2,1H3,(H,11,14,15)(H2,16,17,18);1-6H2/t6-,7+,8+;/m0./s1. The van der Waals surface area contributed by atoms with Crippen molar-refractivity contribution in [2.45, 2.75) is 57.5 Å². The number of ether oxygens (including phenoxy) is 1. The molecule has 184 valence electrons. The number of aliphatic hydroxyl groups excluding tert-OH is 1. The van der Waals surface area contributed by atoms with Gasteiger partial charge in [0.15, 0.2) is 0 Å². The summed E-state index contributed by atoms with van der Waals surface area (Å²) < 4.78 is 21.4. The van der Waals surface area contributed by atoms with Gasteiger partial charge in [-0.2, -0.15) is 0 Å². The number of hydrogen-bond acceptors (Lipinski definition) is 10. The van der Waals surface area contributed by atoms with Crippen LogP contribution in [0.4, 0.5) is 0 Å². The number of phosphoric ester groups is 1. The van der Waals surface area contributed by atoms with Crippen LogP contribution < -0.4 is 11.2 Å². The molecule has 0 aromatic carbocycles. The molecule has 15 heteroatoms. The van der Waals surface area contributed by atoms with Gasteiger partial charge in [-0.3, -0.25) is 18.9 Å². The van der Waals surface area contributed by atoms with Crippen LogP contribution in [-0.4, -0.2) is 68.5 Å². The molecular formula is C18H27N4O10P. The predicted octanol–water partition coefficient (Wildman–Crippen LogP) is -0.179. The molecule has 1 aliphatic heterocycles. The molecule has 2 heterocycles. The van der Waals surface area contributed by atoms with Gasteiger partial charge in [0.2, 0.25) is 12.2 Å². The van der Waals surface area contributed by atoms with Crippen molar-refractivity contribution in [3.05, 3.63) is 32.6 Å². The Labute approximate surface area is 188 Å². The Morgan fingerprint density at radius 2 is 1.76 bits per heavy atom. The second-order valence-electron chi connectivity index (χ2n) is 7.06. The first-order valence-corrected chi connectivity index (χ1v) is 11.5. The maximum Gasteiger partial charge on any atom is 0.469 e. The molecule has 1 aromatic heterocycles. The van der Waals surface area contributed by atoms with E-state index in [9.17, 15) is 28.8 Å². The van der Waals surface area contributed by atoms with Crippen LogP contribution in [0.25, 0.3) is 0 Å². The number of aromatic amines is 1. The van der Waals surface area contributed by atoms with E-state index in [1.807, 2.05) is 0 Å². The number of isocyanates is 2. The molecule has 0 amide bonds. The van der Waals surface area contributed by atoms with Crippen LogP contribution in [0, 0.1) is 6.92 Å². The van der Waals surface area contributed by atoms with Gasteiger partial charge in [0.25, 0.3) is 5.56 Å². The number of aliphatic hydroxyl groups is 1. The molecule has 0 aliphatic carbocycles. The third kappa shape index (κ3) is 11.2. The zero-order valence-electron chi connectivity index (χ0n) is 18.0. The Morgan fingerprint density at radius 1 is 1.18 bits per heavy atom. The predicted molar refractivity (Wildman–Crippen MR) is 113 cm³/mol. The number of aromatic nitrogens is 2. The Kier molecular flexibility index (Phi) is 12.6. The molecule has 0 unspecified atom stereocenters. The lowest BCUT2D eigenvalue weighted by Crippen LogP contribution is -2.33. The van der Waals surface area contributed by atoms with Crippen LogP contribution in [0.1, 0.15) is 43.9 Å². The Morgan fingerprint density at radius 3 is 2.27 bits per heavy atom. The fourth-order valence-corrected chi connectivity index (χ4v) is 3.17. The van der Waals surface area contributed by atoms with E-state index >= 15 is 0 Å². The lowest BCUT2D eigenvalue weighted by molar-refractivity contribution is -0.0451. The second-order valence-corrected chi connectivity index (χ2v) is 8.30. The van der Waals surface area contributed by atoms with E-state index < -0.39 is 44.1 Å². The minimum atomic E-state index is -4.67. The molecule has 1 aliphatic rings. The number of phosphoric acid groups is 1. The van der Waals surface area contributed by atoms with Crippen LogP contribution >= 0.6 is 7.82 Å². The Hall–Kier alpha value is -2.53. The first-order valence-electron chi connectivity index (χ1n) is 10.0. The highest BCUT2D eigenvalue weighted by molar-refractivity contribution is 7.46. The molecule has 14 nitrogen and oxygen atoms in total. The highest BCUT2D eigenvalue weighted by Crippen LogP contribution is 2.38. The van der Waals surface area contributed by atoms with Crippen molar-refractivity contribution in [1.82, 2.24) is 9.55 Å². The average molecular weight is 490 g/mol. The molecule has 2 rings (SSSR count). The molecule has 0 radical (unpaired) electrons. The summed E-state index contributed by atoms with van der Waals surface area (Å²) in [5.41, 5.74) is -0.918. The lowest BCUT2D eigenvalue weighted by atomic mass is 10.2. The number of aryl methyl sites for hydroxylation is 1. The van der Waals surface area contributed by atoms with Crippen molar-refractivity contribution < 1.29 is 38.3 Å². The fourth-order valence-electron chi connectivity index (χ4n) is 2.83. The number of aliphatic imine (C=N–C) groups is 2. The summed E-state index contributed by atoms with van der Waals surface area (Å²) in [4.78, 5) is 68.4. The van der Waals surface area contributed by atoms with Gasteiger partial charge in [0.05, 0.1) is 25.8 Å². The van der Waals surface area contributed by atoms with E-state index in [0.29, 0.717) is 18.7 Å². The van der Waals surface area contributed by atoms with Gasteiger partial charge in [0.1, 0.15) is 12.3 Å². The number of carbonyl (C=O) groups excluding carboxylic acids is 2. The van der Waals surface area contributed by atoms with E-state index in [4.69, 9.17) is 14.5 Å². The van der Waals surface area contributed by atoms with Crippen LogP contribution in [0.3, 0.4) is 0 Å². The van der Waals surface area contributed by atoms with Crippen molar-refractivity contribution in [1.29, 1.82) is 0 Å². The first kappa shape index (κ1) is 28.5. The maximum atomic E-state index is 11.7. The topological polar surface area (TPSA) is 210 Å². The summed E-state index contributed by atoms with van der Waals surface area (Å²) in [7, 11) is -4.67. The Bertz CT molecular complexity index is 984. The SMILES string of the molecule is Cc1cn([C@H]2C[C@H](O)[C@@H](COP(=O)(O)O)O2)c(=O)[nH]c1=O.O=C=NCCCCCCN=C=O. The van der Waals surface area contributed by atoms with Gasteiger partial charge in [0, 0.05) is 18.2 Å². The number of rotatable bonds is 11. The number of unbranched alkanes of at least 4 members (excludes halogenated alkanes) is 3. The van der Waals surface area contributed by atoms with Gasteiger partial charge in [-0.05, 0) is 19.8 Å².